The Balaban J connectivity index is 1.41. The molecule has 1 N–H and O–H groups in total. The molecule has 0 spiro atoms. The summed E-state index contributed by atoms with van der Waals surface area (Å²) in [5.74, 6) is 1.86. The van der Waals surface area contributed by atoms with Crippen molar-refractivity contribution in [3.8, 4) is 33.9 Å². The zero-order valence-electron chi connectivity index (χ0n) is 20.7. The lowest BCUT2D eigenvalue weighted by molar-refractivity contribution is 0.145. The van der Waals surface area contributed by atoms with E-state index in [1.54, 1.807) is 23.6 Å². The molecule has 0 bridgehead atoms. The predicted molar refractivity (Wildman–Crippen MR) is 151 cm³/mol. The van der Waals surface area contributed by atoms with Gasteiger partial charge < -0.3 is 19.1 Å². The zero-order chi connectivity index (χ0) is 27.0. The van der Waals surface area contributed by atoms with Crippen LogP contribution in [0.1, 0.15) is 36.7 Å². The average molecular weight is 568 g/mol. The number of fused-ring (bicyclic) bond motifs is 1. The number of halogens is 2. The highest BCUT2D eigenvalue weighted by molar-refractivity contribution is 7.17. The van der Waals surface area contributed by atoms with E-state index < -0.39 is 6.16 Å². The summed E-state index contributed by atoms with van der Waals surface area (Å²) < 4.78 is 17.7. The number of hydrogen-bond donors (Lipinski definition) is 1. The van der Waals surface area contributed by atoms with Gasteiger partial charge in [0.2, 0.25) is 0 Å². The van der Waals surface area contributed by atoms with Gasteiger partial charge in [0, 0.05) is 26.9 Å². The minimum absolute atomic E-state index is 0.0915. The van der Waals surface area contributed by atoms with Gasteiger partial charge in [-0.25, -0.2) is 4.79 Å². The summed E-state index contributed by atoms with van der Waals surface area (Å²) in [6.07, 6.45) is -1.32. The number of nitrogens with zero attached hydrogens (tertiary/aromatic N) is 1. The van der Waals surface area contributed by atoms with E-state index in [1.165, 1.54) is 11.3 Å². The molecule has 2 aromatic heterocycles. The van der Waals surface area contributed by atoms with Crippen LogP contribution in [0.3, 0.4) is 0 Å². The Bertz CT molecular complexity index is 1640. The van der Waals surface area contributed by atoms with Crippen molar-refractivity contribution in [2.24, 2.45) is 0 Å². The number of carboxylic acid groups (broad SMARTS) is 1. The van der Waals surface area contributed by atoms with Crippen molar-refractivity contribution >= 4 is 50.8 Å². The number of rotatable bonds is 7. The molecule has 0 saturated carbocycles. The van der Waals surface area contributed by atoms with E-state index in [9.17, 15) is 4.79 Å². The van der Waals surface area contributed by atoms with Gasteiger partial charge in [0.05, 0.1) is 15.6 Å². The third-order valence-electron chi connectivity index (χ3n) is 6.17. The molecule has 5 rings (SSSR count). The fourth-order valence-electron chi connectivity index (χ4n) is 4.39. The smallest absolute Gasteiger partial charge is 0.489 e. The molecular formula is C29H23Cl2NO5S. The molecule has 0 aliphatic heterocycles. The Labute approximate surface area is 233 Å². The van der Waals surface area contributed by atoms with E-state index in [1.807, 2.05) is 57.2 Å². The van der Waals surface area contributed by atoms with Gasteiger partial charge in [-0.15, -0.1) is 11.3 Å². The van der Waals surface area contributed by atoms with Crippen molar-refractivity contribution in [2.75, 3.05) is 0 Å². The van der Waals surface area contributed by atoms with Crippen molar-refractivity contribution < 1.29 is 23.9 Å². The molecule has 6 nitrogen and oxygen atoms in total. The van der Waals surface area contributed by atoms with Crippen LogP contribution < -0.4 is 9.47 Å². The lowest BCUT2D eigenvalue weighted by atomic mass is 9.99. The summed E-state index contributed by atoms with van der Waals surface area (Å²) in [5, 5.41) is 16.7. The lowest BCUT2D eigenvalue weighted by Gasteiger charge is -2.13. The monoisotopic (exact) mass is 567 g/mol. The highest BCUT2D eigenvalue weighted by Gasteiger charge is 2.24. The lowest BCUT2D eigenvalue weighted by Crippen LogP contribution is -2.02. The minimum atomic E-state index is -1.32. The summed E-state index contributed by atoms with van der Waals surface area (Å²) in [4.78, 5) is 10.9. The van der Waals surface area contributed by atoms with E-state index >= 15 is 0 Å². The van der Waals surface area contributed by atoms with Gasteiger partial charge >= 0.3 is 6.16 Å². The van der Waals surface area contributed by atoms with E-state index in [0.29, 0.717) is 32.8 Å². The van der Waals surface area contributed by atoms with Crippen LogP contribution in [-0.4, -0.2) is 16.4 Å². The van der Waals surface area contributed by atoms with Crippen molar-refractivity contribution in [3.05, 3.63) is 86.9 Å². The fourth-order valence-corrected chi connectivity index (χ4v) is 5.86. The van der Waals surface area contributed by atoms with Gasteiger partial charge in [-0.3, -0.25) is 0 Å². The van der Waals surface area contributed by atoms with Gasteiger partial charge in [0.1, 0.15) is 23.8 Å². The van der Waals surface area contributed by atoms with Crippen LogP contribution in [-0.2, 0) is 6.61 Å². The predicted octanol–water partition coefficient (Wildman–Crippen LogP) is 9.60. The van der Waals surface area contributed by atoms with Crippen LogP contribution in [0, 0.1) is 6.92 Å². The highest BCUT2D eigenvalue weighted by Crippen LogP contribution is 2.40. The molecule has 0 aliphatic rings. The first-order chi connectivity index (χ1) is 18.2. The highest BCUT2D eigenvalue weighted by atomic mass is 35.5. The quantitative estimate of drug-likeness (QED) is 0.197. The second-order valence-corrected chi connectivity index (χ2v) is 10.8. The summed E-state index contributed by atoms with van der Waals surface area (Å²) in [6, 6.07) is 17.1. The van der Waals surface area contributed by atoms with Crippen LogP contribution in [0.2, 0.25) is 10.0 Å². The summed E-state index contributed by atoms with van der Waals surface area (Å²) >= 11 is 14.4. The number of aryl methyl sites for hydroxylation is 1. The Hall–Kier alpha value is -3.52. The number of ether oxygens (including phenoxy) is 2. The summed E-state index contributed by atoms with van der Waals surface area (Å²) in [6.45, 7) is 6.32. The van der Waals surface area contributed by atoms with Gasteiger partial charge in [0.25, 0.3) is 0 Å². The fraction of sp³-hybridized carbons (Fsp3) is 0.172. The molecule has 0 unspecified atom stereocenters. The van der Waals surface area contributed by atoms with E-state index in [0.717, 1.165) is 38.1 Å². The van der Waals surface area contributed by atoms with Gasteiger partial charge in [0.15, 0.2) is 5.75 Å². The van der Waals surface area contributed by atoms with Crippen molar-refractivity contribution in [1.82, 2.24) is 5.16 Å². The number of benzene rings is 3. The molecule has 2 heterocycles. The van der Waals surface area contributed by atoms with Gasteiger partial charge in [-0.1, -0.05) is 60.4 Å². The Kier molecular flexibility index (Phi) is 7.34. The first-order valence-corrected chi connectivity index (χ1v) is 13.4. The van der Waals surface area contributed by atoms with E-state index in [2.05, 4.69) is 5.16 Å². The SMILES string of the molecule is Cc1cc(OCc2c(-c3c(Cl)cccc3Cl)noc2C(C)C)ccc1-c1ccc2c(OC(=O)O)csc2c1. The third kappa shape index (κ3) is 5.10. The molecule has 9 heteroatoms. The maximum Gasteiger partial charge on any atom is 0.511 e. The zero-order valence-corrected chi connectivity index (χ0v) is 23.1. The van der Waals surface area contributed by atoms with E-state index in [-0.39, 0.29) is 12.5 Å². The molecule has 0 radical (unpaired) electrons. The molecular weight excluding hydrogens is 545 g/mol. The Morgan fingerprint density at radius 2 is 1.87 bits per heavy atom. The van der Waals surface area contributed by atoms with E-state index in [4.69, 9.17) is 42.3 Å². The summed E-state index contributed by atoms with van der Waals surface area (Å²) in [7, 11) is 0. The molecule has 5 aromatic rings. The van der Waals surface area contributed by atoms with Crippen molar-refractivity contribution in [1.29, 1.82) is 0 Å². The molecule has 0 fully saturated rings. The van der Waals surface area contributed by atoms with Crippen LogP contribution in [0.25, 0.3) is 32.5 Å². The molecule has 0 atom stereocenters. The van der Waals surface area contributed by atoms with Gasteiger partial charge in [-0.2, -0.15) is 0 Å². The normalized spacial score (nSPS) is 11.3. The van der Waals surface area contributed by atoms with Crippen LogP contribution >= 0.6 is 34.5 Å². The van der Waals surface area contributed by atoms with Crippen molar-refractivity contribution in [3.63, 3.8) is 0 Å². The topological polar surface area (TPSA) is 81.8 Å². The molecule has 0 saturated heterocycles. The molecule has 3 aromatic carbocycles. The number of hydrogen-bond acceptors (Lipinski definition) is 6. The summed E-state index contributed by atoms with van der Waals surface area (Å²) in [5.41, 5.74) is 5.10. The standard InChI is InChI=1S/C29H23Cl2NO5S/c1-15(2)28-21(27(32-37-28)26-22(30)5-4-6-23(26)31)13-35-18-8-10-19(16(3)11-18)17-7-9-20-24(36-29(33)34)14-38-25(20)12-17/h4-12,14-15H,13H2,1-3H3,(H,33,34). The maximum absolute atomic E-state index is 10.9. The van der Waals surface area contributed by atoms with Gasteiger partial charge in [-0.05, 0) is 60.0 Å². The van der Waals surface area contributed by atoms with Crippen LogP contribution in [0.5, 0.6) is 11.5 Å². The molecule has 0 aliphatic carbocycles. The first-order valence-electron chi connectivity index (χ1n) is 11.8. The van der Waals surface area contributed by atoms with Crippen LogP contribution in [0.4, 0.5) is 4.79 Å². The number of thiophene rings is 1. The Morgan fingerprint density at radius 1 is 1.11 bits per heavy atom. The molecule has 194 valence electrons. The third-order valence-corrected chi connectivity index (χ3v) is 7.73. The Morgan fingerprint density at radius 3 is 2.55 bits per heavy atom. The van der Waals surface area contributed by atoms with Crippen LogP contribution in [0.15, 0.2) is 64.5 Å². The number of aromatic nitrogens is 1. The molecule has 38 heavy (non-hydrogen) atoms. The van der Waals surface area contributed by atoms with Crippen molar-refractivity contribution in [2.45, 2.75) is 33.3 Å². The maximum atomic E-state index is 10.9. The molecule has 0 amide bonds. The largest absolute Gasteiger partial charge is 0.511 e. The second kappa shape index (κ2) is 10.7. The average Bonchev–Trinajstić information content (AvgIpc) is 3.46. The second-order valence-electron chi connectivity index (χ2n) is 9.07. The number of carbonyl (C=O) groups is 1. The first kappa shape index (κ1) is 26.1. The minimum Gasteiger partial charge on any atom is -0.489 e.